The van der Waals surface area contributed by atoms with E-state index < -0.39 is 26.5 Å². The Bertz CT molecular complexity index is 2290. The summed E-state index contributed by atoms with van der Waals surface area (Å²) < 4.78 is 34.7. The SMILES string of the molecule is CC/C=C\C/C=C\C/C=C\C/C=C\C/C=C\C/C=C\C/C=C\C/C=C\C/C=C\C/C=C\C/C=C\CCCCCC(=O)OC(COC(=O)CCCCCCCCCCCCCCCCCCC/C=C\C/C=C\C/C=C\C/C=C\C/C=C\CC)COP(=O)(O)OCC[N+](C)(C)C. The highest BCUT2D eigenvalue weighted by Gasteiger charge is 2.27. The molecule has 0 saturated carbocycles. The summed E-state index contributed by atoms with van der Waals surface area (Å²) in [6, 6.07) is 0. The summed E-state index contributed by atoms with van der Waals surface area (Å²) >= 11 is 0. The summed E-state index contributed by atoms with van der Waals surface area (Å²) in [5, 5.41) is 0. The molecule has 0 saturated heterocycles. The third-order valence-electron chi connectivity index (χ3n) is 15.1. The number of hydrogen-bond acceptors (Lipinski definition) is 7. The maximum atomic E-state index is 12.9. The van der Waals surface area contributed by atoms with Gasteiger partial charge in [-0.05, 0) is 141 Å². The molecule has 2 unspecified atom stereocenters. The Morgan fingerprint density at radius 3 is 0.862 bits per heavy atom. The fourth-order valence-corrected chi connectivity index (χ4v) is 10.3. The maximum Gasteiger partial charge on any atom is 0.472 e. The van der Waals surface area contributed by atoms with Crippen molar-refractivity contribution in [2.75, 3.05) is 47.5 Å². The van der Waals surface area contributed by atoms with Crippen LogP contribution in [0.5, 0.6) is 0 Å². The van der Waals surface area contributed by atoms with Crippen molar-refractivity contribution in [3.05, 3.63) is 194 Å². The standard InChI is InChI=1S/C84H136NO8P/c1-6-8-10-12-14-16-18-20-22-24-26-28-30-32-34-36-38-40-41-42-43-45-47-49-51-53-55-57-59-61-63-65-67-69-71-73-75-77-84(87)93-82(81-92-94(88,89)91-79-78-85(3,4)5)80-90-83(86)76-74-72-70-68-66-64-62-60-58-56-54-52-50-48-46-44-39-37-35-33-31-29-27-25-23-21-19-17-15-13-11-9-7-2/h8-11,14-17,20-23,26-29,32-35,38,40,42-43,47,49,53,55,59,61,65,67,82H,6-7,12-13,18-19,24-25,30-31,36-37,39,41,44-46,48,50-52,54,56-58,60,62-64,66,68-81H2,1-5H3/p+1/b10-8-,11-9-,16-14-,17-15-,22-20-,23-21-,28-26-,29-27-,34-32-,35-33-,40-38-,43-42-,49-47-,55-53-,61-59-,67-65-. The minimum absolute atomic E-state index is 0.0155. The third-order valence-corrected chi connectivity index (χ3v) is 16.1. The van der Waals surface area contributed by atoms with E-state index in [2.05, 4.69) is 208 Å². The number of carbonyl (C=O) groups excluding carboxylic acids is 2. The number of nitrogens with zero attached hydrogens (tertiary/aromatic N) is 1. The van der Waals surface area contributed by atoms with Crippen molar-refractivity contribution in [1.82, 2.24) is 0 Å². The van der Waals surface area contributed by atoms with Gasteiger partial charge in [0.05, 0.1) is 27.7 Å². The Morgan fingerprint density at radius 2 is 0.574 bits per heavy atom. The fourth-order valence-electron chi connectivity index (χ4n) is 9.52. The van der Waals surface area contributed by atoms with Gasteiger partial charge in [0.2, 0.25) is 0 Å². The van der Waals surface area contributed by atoms with Gasteiger partial charge in [-0.1, -0.05) is 311 Å². The highest BCUT2D eigenvalue weighted by atomic mass is 31.2. The van der Waals surface area contributed by atoms with Gasteiger partial charge >= 0.3 is 19.8 Å². The summed E-state index contributed by atoms with van der Waals surface area (Å²) in [4.78, 5) is 35.9. The first-order chi connectivity index (χ1) is 46.0. The van der Waals surface area contributed by atoms with E-state index in [1.54, 1.807) is 0 Å². The minimum Gasteiger partial charge on any atom is -0.462 e. The molecule has 0 aliphatic rings. The van der Waals surface area contributed by atoms with Crippen molar-refractivity contribution >= 4 is 19.8 Å². The monoisotopic (exact) mass is 1320 g/mol. The van der Waals surface area contributed by atoms with Crippen molar-refractivity contribution < 1.29 is 42.1 Å². The Hall–Kier alpha value is -5.15. The lowest BCUT2D eigenvalue weighted by molar-refractivity contribution is -0.870. The predicted octanol–water partition coefficient (Wildman–Crippen LogP) is 24.8. The van der Waals surface area contributed by atoms with Gasteiger partial charge in [-0.15, -0.1) is 0 Å². The molecule has 2 atom stereocenters. The third kappa shape index (κ3) is 75.9. The molecule has 0 spiro atoms. The van der Waals surface area contributed by atoms with Gasteiger partial charge in [-0.25, -0.2) is 4.57 Å². The highest BCUT2D eigenvalue weighted by Crippen LogP contribution is 2.43. The molecule has 0 aromatic heterocycles. The minimum atomic E-state index is -4.42. The number of quaternary nitrogens is 1. The van der Waals surface area contributed by atoms with E-state index in [0.717, 1.165) is 141 Å². The van der Waals surface area contributed by atoms with E-state index in [1.165, 1.54) is 96.3 Å². The lowest BCUT2D eigenvalue weighted by atomic mass is 10.0. The molecule has 9 nitrogen and oxygen atoms in total. The van der Waals surface area contributed by atoms with Gasteiger partial charge in [-0.3, -0.25) is 18.6 Å². The van der Waals surface area contributed by atoms with Crippen molar-refractivity contribution in [2.24, 2.45) is 0 Å². The lowest BCUT2D eigenvalue weighted by Crippen LogP contribution is -2.37. The molecular weight excluding hydrogens is 1180 g/mol. The Balaban J connectivity index is 4.15. The molecule has 0 aromatic carbocycles. The Morgan fingerprint density at radius 1 is 0.330 bits per heavy atom. The highest BCUT2D eigenvalue weighted by molar-refractivity contribution is 7.47. The van der Waals surface area contributed by atoms with Gasteiger partial charge in [0.25, 0.3) is 0 Å². The second kappa shape index (κ2) is 72.1. The van der Waals surface area contributed by atoms with Crippen LogP contribution in [-0.2, 0) is 32.7 Å². The number of unbranched alkanes of at least 4 members (excludes halogenated alkanes) is 20. The van der Waals surface area contributed by atoms with Gasteiger partial charge < -0.3 is 18.9 Å². The van der Waals surface area contributed by atoms with Crippen molar-refractivity contribution in [2.45, 2.75) is 277 Å². The first-order valence-electron chi connectivity index (χ1n) is 37.2. The fraction of sp³-hybridized carbons (Fsp3) is 0.595. The molecule has 0 bridgehead atoms. The number of rotatable bonds is 66. The molecule has 0 heterocycles. The average molecular weight is 1320 g/mol. The van der Waals surface area contributed by atoms with Crippen LogP contribution in [0.25, 0.3) is 0 Å². The van der Waals surface area contributed by atoms with Gasteiger partial charge in [0, 0.05) is 12.8 Å². The van der Waals surface area contributed by atoms with Gasteiger partial charge in [-0.2, -0.15) is 0 Å². The number of phosphoric acid groups is 1. The molecule has 530 valence electrons. The summed E-state index contributed by atoms with van der Waals surface area (Å²) in [5.41, 5.74) is 0. The molecule has 0 radical (unpaired) electrons. The summed E-state index contributed by atoms with van der Waals surface area (Å²) in [5.74, 6) is -0.844. The zero-order chi connectivity index (χ0) is 68.3. The number of carbonyl (C=O) groups is 2. The Kier molecular flexibility index (Phi) is 68.2. The first-order valence-corrected chi connectivity index (χ1v) is 38.7. The quantitative estimate of drug-likeness (QED) is 0.0211. The van der Waals surface area contributed by atoms with Crippen LogP contribution >= 0.6 is 7.82 Å². The smallest absolute Gasteiger partial charge is 0.462 e. The summed E-state index contributed by atoms with van der Waals surface area (Å²) in [7, 11) is 1.43. The molecule has 0 fully saturated rings. The van der Waals surface area contributed by atoms with E-state index >= 15 is 0 Å². The van der Waals surface area contributed by atoms with Gasteiger partial charge in [0.1, 0.15) is 19.8 Å². The molecule has 0 aliphatic carbocycles. The Labute approximate surface area is 577 Å². The van der Waals surface area contributed by atoms with Gasteiger partial charge in [0.15, 0.2) is 6.10 Å². The number of ether oxygens (including phenoxy) is 2. The van der Waals surface area contributed by atoms with Crippen LogP contribution in [0.3, 0.4) is 0 Å². The predicted molar refractivity (Wildman–Crippen MR) is 408 cm³/mol. The summed E-state index contributed by atoms with van der Waals surface area (Å²) in [6.45, 7) is 4.16. The normalized spacial score (nSPS) is 14.2. The van der Waals surface area contributed by atoms with E-state index in [1.807, 2.05) is 21.1 Å². The van der Waals surface area contributed by atoms with Crippen molar-refractivity contribution in [3.8, 4) is 0 Å². The molecule has 94 heavy (non-hydrogen) atoms. The largest absolute Gasteiger partial charge is 0.472 e. The number of likely N-dealkylation sites (N-methyl/N-ethyl adjacent to an activating group) is 1. The van der Waals surface area contributed by atoms with Crippen LogP contribution in [0, 0.1) is 0 Å². The van der Waals surface area contributed by atoms with E-state index in [0.29, 0.717) is 17.4 Å². The van der Waals surface area contributed by atoms with Crippen molar-refractivity contribution in [1.29, 1.82) is 0 Å². The number of hydrogen-bond donors (Lipinski definition) is 1. The second-order valence-electron chi connectivity index (χ2n) is 25.2. The van der Waals surface area contributed by atoms with Crippen LogP contribution in [0.15, 0.2) is 194 Å². The van der Waals surface area contributed by atoms with Crippen LogP contribution in [0.2, 0.25) is 0 Å². The number of allylic oxidation sites excluding steroid dienone is 32. The number of phosphoric ester groups is 1. The molecule has 0 aliphatic heterocycles. The van der Waals surface area contributed by atoms with Crippen molar-refractivity contribution in [3.63, 3.8) is 0 Å². The molecule has 0 amide bonds. The molecular formula is C84H137NO8P+. The zero-order valence-corrected chi connectivity index (χ0v) is 61.3. The topological polar surface area (TPSA) is 108 Å². The average Bonchev–Trinajstić information content (AvgIpc) is 1.56. The number of esters is 2. The maximum absolute atomic E-state index is 12.9. The first kappa shape index (κ1) is 88.8. The molecule has 0 aromatic rings. The van der Waals surface area contributed by atoms with E-state index in [-0.39, 0.29) is 32.0 Å². The van der Waals surface area contributed by atoms with Crippen LogP contribution < -0.4 is 0 Å². The van der Waals surface area contributed by atoms with E-state index in [4.69, 9.17) is 18.5 Å². The molecule has 1 N–H and O–H groups in total. The zero-order valence-electron chi connectivity index (χ0n) is 60.4. The van der Waals surface area contributed by atoms with E-state index in [9.17, 15) is 19.0 Å². The second-order valence-corrected chi connectivity index (χ2v) is 26.7. The van der Waals surface area contributed by atoms with Crippen LogP contribution in [-0.4, -0.2) is 74.9 Å². The van der Waals surface area contributed by atoms with Crippen LogP contribution in [0.1, 0.15) is 271 Å². The summed E-state index contributed by atoms with van der Waals surface area (Å²) in [6.07, 6.45) is 113. The molecule has 0 rings (SSSR count). The lowest BCUT2D eigenvalue weighted by Gasteiger charge is -2.24. The van der Waals surface area contributed by atoms with Crippen LogP contribution in [0.4, 0.5) is 0 Å². The molecule has 10 heteroatoms.